The lowest BCUT2D eigenvalue weighted by Gasteiger charge is -2.11. The number of hydrogen-bond acceptors (Lipinski definition) is 4. The van der Waals surface area contributed by atoms with Crippen molar-refractivity contribution in [2.24, 2.45) is 0 Å². The van der Waals surface area contributed by atoms with Gasteiger partial charge >= 0.3 is 0 Å². The van der Waals surface area contributed by atoms with E-state index in [4.69, 9.17) is 5.21 Å². The molecule has 0 unspecified atom stereocenters. The van der Waals surface area contributed by atoms with E-state index in [9.17, 15) is 4.79 Å². The maximum atomic E-state index is 11.3. The van der Waals surface area contributed by atoms with E-state index in [0.29, 0.717) is 5.92 Å². The minimum atomic E-state index is -0.455. The number of H-pyrrole nitrogens is 1. The maximum absolute atomic E-state index is 11.3. The smallest absolute Gasteiger partial charge is 0.253 e. The number of aromatic nitrogens is 2. The van der Waals surface area contributed by atoms with E-state index in [-0.39, 0.29) is 5.75 Å². The van der Waals surface area contributed by atoms with Crippen LogP contribution in [0.1, 0.15) is 24.3 Å². The van der Waals surface area contributed by atoms with Crippen LogP contribution in [0.4, 0.5) is 0 Å². The monoisotopic (exact) mass is 417 g/mol. The molecule has 0 spiro atoms. The Morgan fingerprint density at radius 3 is 2.76 bits per heavy atom. The van der Waals surface area contributed by atoms with Crippen LogP contribution in [-0.2, 0) is 4.79 Å². The van der Waals surface area contributed by atoms with Crippen LogP contribution >= 0.6 is 27.7 Å². The van der Waals surface area contributed by atoms with Crippen LogP contribution in [0.3, 0.4) is 0 Å². The van der Waals surface area contributed by atoms with Crippen LogP contribution in [-0.4, -0.2) is 27.1 Å². The summed E-state index contributed by atoms with van der Waals surface area (Å²) in [5.74, 6) is 0.316. The number of carbonyl (C=O) groups excluding carboxylic acids is 1. The zero-order valence-corrected chi connectivity index (χ0v) is 15.7. The number of fused-ring (bicyclic) bond motifs is 1. The Labute approximate surface area is 157 Å². The molecule has 0 aliphatic heterocycles. The molecule has 1 aliphatic rings. The molecule has 128 valence electrons. The second-order valence-electron chi connectivity index (χ2n) is 6.06. The number of halogens is 1. The Balaban J connectivity index is 1.81. The first-order valence-corrected chi connectivity index (χ1v) is 9.78. The number of hydroxylamine groups is 1. The predicted octanol–water partition coefficient (Wildman–Crippen LogP) is 4.47. The van der Waals surface area contributed by atoms with Crippen LogP contribution in [0.5, 0.6) is 0 Å². The fourth-order valence-corrected chi connectivity index (χ4v) is 4.52. The number of rotatable bonds is 5. The molecule has 0 radical (unpaired) electrons. The van der Waals surface area contributed by atoms with Crippen molar-refractivity contribution in [3.8, 4) is 11.1 Å². The van der Waals surface area contributed by atoms with Crippen LogP contribution in [0, 0.1) is 0 Å². The summed E-state index contributed by atoms with van der Waals surface area (Å²) in [6.07, 6.45) is 2.52. The molecule has 2 aromatic carbocycles. The molecule has 3 aromatic rings. The standard InChI is InChI=1S/C18H16BrN3O2S/c19-17-16(18(21-20-17)25-9-15(23)22-24)14-8-7-11(10-5-6-10)12-3-1-2-4-13(12)14/h1-4,7-8,10,24H,5-6,9H2,(H,20,21)(H,22,23). The van der Waals surface area contributed by atoms with Crippen molar-refractivity contribution in [1.29, 1.82) is 0 Å². The highest BCUT2D eigenvalue weighted by atomic mass is 79.9. The molecule has 1 aromatic heterocycles. The van der Waals surface area contributed by atoms with Gasteiger partial charge in [-0.05, 0) is 56.6 Å². The summed E-state index contributed by atoms with van der Waals surface area (Å²) in [6, 6.07) is 12.8. The maximum Gasteiger partial charge on any atom is 0.253 e. The lowest BCUT2D eigenvalue weighted by molar-refractivity contribution is -0.126. The van der Waals surface area contributed by atoms with Crippen LogP contribution in [0.25, 0.3) is 21.9 Å². The minimum absolute atomic E-state index is 0.0961. The third-order valence-electron chi connectivity index (χ3n) is 4.40. The number of aromatic amines is 1. The highest BCUT2D eigenvalue weighted by Crippen LogP contribution is 2.46. The van der Waals surface area contributed by atoms with E-state index in [1.165, 1.54) is 40.9 Å². The van der Waals surface area contributed by atoms with Crippen LogP contribution in [0.2, 0.25) is 0 Å². The molecule has 1 fully saturated rings. The normalized spacial score (nSPS) is 14.0. The summed E-state index contributed by atoms with van der Waals surface area (Å²) in [6.45, 7) is 0. The Hall–Kier alpha value is -1.83. The van der Waals surface area contributed by atoms with Gasteiger partial charge in [0.25, 0.3) is 5.91 Å². The van der Waals surface area contributed by atoms with E-state index in [1.807, 2.05) is 6.07 Å². The van der Waals surface area contributed by atoms with Crippen molar-refractivity contribution in [3.63, 3.8) is 0 Å². The molecule has 25 heavy (non-hydrogen) atoms. The molecule has 1 amide bonds. The Bertz CT molecular complexity index is 953. The minimum Gasteiger partial charge on any atom is -0.289 e. The molecule has 4 rings (SSSR count). The van der Waals surface area contributed by atoms with E-state index in [1.54, 1.807) is 5.48 Å². The van der Waals surface area contributed by atoms with E-state index in [2.05, 4.69) is 56.5 Å². The van der Waals surface area contributed by atoms with Crippen molar-refractivity contribution in [1.82, 2.24) is 15.7 Å². The molecular formula is C18H16BrN3O2S. The summed E-state index contributed by atoms with van der Waals surface area (Å²) in [5, 5.41) is 19.1. The van der Waals surface area contributed by atoms with Gasteiger partial charge in [0.2, 0.25) is 0 Å². The van der Waals surface area contributed by atoms with Gasteiger partial charge in [0.15, 0.2) is 0 Å². The molecule has 1 saturated carbocycles. The summed E-state index contributed by atoms with van der Waals surface area (Å²) in [4.78, 5) is 11.3. The van der Waals surface area contributed by atoms with Gasteiger partial charge in [0.1, 0.15) is 9.63 Å². The summed E-state index contributed by atoms with van der Waals surface area (Å²) in [5.41, 5.74) is 5.07. The highest BCUT2D eigenvalue weighted by Gasteiger charge is 2.26. The van der Waals surface area contributed by atoms with Crippen LogP contribution in [0.15, 0.2) is 46.0 Å². The molecule has 0 bridgehead atoms. The number of amides is 1. The van der Waals surface area contributed by atoms with E-state index >= 15 is 0 Å². The molecule has 1 aliphatic carbocycles. The van der Waals surface area contributed by atoms with Crippen molar-refractivity contribution in [3.05, 3.63) is 46.6 Å². The molecular weight excluding hydrogens is 402 g/mol. The largest absolute Gasteiger partial charge is 0.289 e. The molecule has 0 saturated heterocycles. The first kappa shape index (κ1) is 16.6. The lowest BCUT2D eigenvalue weighted by Crippen LogP contribution is -2.20. The number of nitrogens with zero attached hydrogens (tertiary/aromatic N) is 1. The van der Waals surface area contributed by atoms with Gasteiger partial charge in [-0.3, -0.25) is 15.1 Å². The van der Waals surface area contributed by atoms with Crippen molar-refractivity contribution in [2.75, 3.05) is 5.75 Å². The van der Waals surface area contributed by atoms with E-state index in [0.717, 1.165) is 20.8 Å². The highest BCUT2D eigenvalue weighted by molar-refractivity contribution is 9.10. The number of thioether (sulfide) groups is 1. The number of hydrogen-bond donors (Lipinski definition) is 3. The van der Waals surface area contributed by atoms with E-state index < -0.39 is 5.91 Å². The average Bonchev–Trinajstić information content (AvgIpc) is 3.42. The molecule has 7 heteroatoms. The topological polar surface area (TPSA) is 78.0 Å². The fraction of sp³-hybridized carbons (Fsp3) is 0.222. The second kappa shape index (κ2) is 6.82. The van der Waals surface area contributed by atoms with Crippen molar-refractivity contribution >= 4 is 44.4 Å². The number of nitrogens with one attached hydrogen (secondary N) is 2. The zero-order chi connectivity index (χ0) is 17.4. The Kier molecular flexibility index (Phi) is 4.54. The summed E-state index contributed by atoms with van der Waals surface area (Å²) < 4.78 is 0.781. The molecule has 1 heterocycles. The molecule has 3 N–H and O–H groups in total. The first-order chi connectivity index (χ1) is 12.2. The SMILES string of the molecule is O=C(CSc1n[nH]c(Br)c1-c1ccc(C2CC2)c2ccccc12)NO. The zero-order valence-electron chi connectivity index (χ0n) is 13.3. The van der Waals surface area contributed by atoms with Crippen LogP contribution < -0.4 is 5.48 Å². The van der Waals surface area contributed by atoms with Gasteiger partial charge in [-0.15, -0.1) is 0 Å². The van der Waals surface area contributed by atoms with Gasteiger partial charge in [0, 0.05) is 5.56 Å². The molecule has 5 nitrogen and oxygen atoms in total. The van der Waals surface area contributed by atoms with Gasteiger partial charge in [0.05, 0.1) is 5.75 Å². The fourth-order valence-electron chi connectivity index (χ4n) is 3.10. The van der Waals surface area contributed by atoms with Gasteiger partial charge in [-0.25, -0.2) is 5.48 Å². The predicted molar refractivity (Wildman–Crippen MR) is 102 cm³/mol. The first-order valence-electron chi connectivity index (χ1n) is 8.00. The van der Waals surface area contributed by atoms with Gasteiger partial charge in [-0.1, -0.05) is 48.2 Å². The Morgan fingerprint density at radius 1 is 1.28 bits per heavy atom. The Morgan fingerprint density at radius 2 is 2.04 bits per heavy atom. The third kappa shape index (κ3) is 3.19. The summed E-state index contributed by atoms with van der Waals surface area (Å²) >= 11 is 4.82. The van der Waals surface area contributed by atoms with Crippen molar-refractivity contribution < 1.29 is 10.0 Å². The van der Waals surface area contributed by atoms with Crippen molar-refractivity contribution in [2.45, 2.75) is 23.8 Å². The molecule has 0 atom stereocenters. The number of benzene rings is 2. The quantitative estimate of drug-likeness (QED) is 0.325. The lowest BCUT2D eigenvalue weighted by atomic mass is 9.94. The van der Waals surface area contributed by atoms with Gasteiger partial charge in [-0.2, -0.15) is 5.10 Å². The van der Waals surface area contributed by atoms with Gasteiger partial charge < -0.3 is 0 Å². The average molecular weight is 418 g/mol. The second-order valence-corrected chi connectivity index (χ2v) is 7.82. The third-order valence-corrected chi connectivity index (χ3v) is 5.95. The summed E-state index contributed by atoms with van der Waals surface area (Å²) in [7, 11) is 0. The number of carbonyl (C=O) groups is 1.